The predicted octanol–water partition coefficient (Wildman–Crippen LogP) is 1.29. The van der Waals surface area contributed by atoms with E-state index in [0.717, 1.165) is 4.57 Å². The fourth-order valence-corrected chi connectivity index (χ4v) is 5.43. The van der Waals surface area contributed by atoms with Gasteiger partial charge in [0.2, 0.25) is 10.0 Å². The number of fused-ring (bicyclic) bond motifs is 1. The van der Waals surface area contributed by atoms with Crippen LogP contribution in [-0.2, 0) is 21.3 Å². The van der Waals surface area contributed by atoms with Crippen molar-refractivity contribution in [1.82, 2.24) is 13.9 Å². The highest BCUT2D eigenvalue weighted by Gasteiger charge is 2.28. The van der Waals surface area contributed by atoms with Crippen molar-refractivity contribution in [3.8, 4) is 0 Å². The van der Waals surface area contributed by atoms with E-state index in [-0.39, 0.29) is 35.6 Å². The van der Waals surface area contributed by atoms with Crippen molar-refractivity contribution in [3.05, 3.63) is 68.4 Å². The Morgan fingerprint density at radius 3 is 2.55 bits per heavy atom. The zero-order chi connectivity index (χ0) is 23.8. The van der Waals surface area contributed by atoms with Gasteiger partial charge >= 0.3 is 5.69 Å². The summed E-state index contributed by atoms with van der Waals surface area (Å²) in [4.78, 5) is 40.1. The third-order valence-corrected chi connectivity index (χ3v) is 7.63. The van der Waals surface area contributed by atoms with Crippen molar-refractivity contribution in [2.75, 3.05) is 31.6 Å². The zero-order valence-corrected chi connectivity index (χ0v) is 19.1. The van der Waals surface area contributed by atoms with Crippen LogP contribution >= 0.6 is 0 Å². The number of anilines is 1. The van der Waals surface area contributed by atoms with Gasteiger partial charge in [-0.1, -0.05) is 6.07 Å². The number of morpholine rings is 1. The van der Waals surface area contributed by atoms with Gasteiger partial charge in [0.15, 0.2) is 0 Å². The van der Waals surface area contributed by atoms with Gasteiger partial charge in [-0.2, -0.15) is 4.31 Å². The number of amides is 1. The van der Waals surface area contributed by atoms with Crippen LogP contribution in [0, 0.1) is 6.92 Å². The van der Waals surface area contributed by atoms with Crippen LogP contribution in [0.25, 0.3) is 10.9 Å². The molecule has 4 rings (SSSR count). The van der Waals surface area contributed by atoms with Gasteiger partial charge in [-0.15, -0.1) is 0 Å². The van der Waals surface area contributed by atoms with Crippen LogP contribution in [0.4, 0.5) is 5.69 Å². The fourth-order valence-electron chi connectivity index (χ4n) is 3.77. The molecule has 3 aromatic rings. The average Bonchev–Trinajstić information content (AvgIpc) is 2.80. The lowest BCUT2D eigenvalue weighted by Gasteiger charge is -2.26. The molecule has 1 fully saturated rings. The smallest absolute Gasteiger partial charge is 0.328 e. The van der Waals surface area contributed by atoms with Gasteiger partial charge in [-0.25, -0.2) is 13.2 Å². The van der Waals surface area contributed by atoms with Gasteiger partial charge in [0, 0.05) is 30.9 Å². The molecule has 0 bridgehead atoms. The Balaban J connectivity index is 1.64. The van der Waals surface area contributed by atoms with E-state index in [2.05, 4.69) is 10.3 Å². The number of aromatic amines is 1. The molecule has 1 aromatic heterocycles. The number of aromatic nitrogens is 2. The second-order valence-corrected chi connectivity index (χ2v) is 9.60. The number of hydrogen-bond acceptors (Lipinski definition) is 6. The van der Waals surface area contributed by atoms with Crippen molar-refractivity contribution in [2.24, 2.45) is 0 Å². The van der Waals surface area contributed by atoms with Crippen molar-refractivity contribution >= 4 is 32.5 Å². The minimum absolute atomic E-state index is 0.116. The van der Waals surface area contributed by atoms with Crippen LogP contribution in [0.5, 0.6) is 0 Å². The molecule has 2 aromatic carbocycles. The highest BCUT2D eigenvalue weighted by atomic mass is 32.2. The topological polar surface area (TPSA) is 131 Å². The molecule has 1 aliphatic heterocycles. The lowest BCUT2D eigenvalue weighted by molar-refractivity contribution is 0.0730. The quantitative estimate of drug-likeness (QED) is 0.575. The molecule has 2 heterocycles. The third-order valence-electron chi connectivity index (χ3n) is 5.59. The molecule has 33 heavy (non-hydrogen) atoms. The Morgan fingerprint density at radius 1 is 1.12 bits per heavy atom. The van der Waals surface area contributed by atoms with Crippen molar-refractivity contribution < 1.29 is 17.9 Å². The van der Waals surface area contributed by atoms with Crippen LogP contribution in [0.2, 0.25) is 0 Å². The van der Waals surface area contributed by atoms with Crippen molar-refractivity contribution in [3.63, 3.8) is 0 Å². The maximum atomic E-state index is 13.1. The number of nitrogens with zero attached hydrogens (tertiary/aromatic N) is 2. The van der Waals surface area contributed by atoms with E-state index in [1.807, 2.05) is 0 Å². The minimum Gasteiger partial charge on any atom is -0.379 e. The number of H-pyrrole nitrogens is 1. The summed E-state index contributed by atoms with van der Waals surface area (Å²) in [7, 11) is -3.74. The molecular weight excluding hydrogens is 448 g/mol. The largest absolute Gasteiger partial charge is 0.379 e. The predicted molar refractivity (Wildman–Crippen MR) is 123 cm³/mol. The van der Waals surface area contributed by atoms with Crippen molar-refractivity contribution in [2.45, 2.75) is 25.3 Å². The second-order valence-electron chi connectivity index (χ2n) is 7.69. The summed E-state index contributed by atoms with van der Waals surface area (Å²) in [5.74, 6) is -0.504. The fraction of sp³-hybridized carbons (Fsp3) is 0.318. The van der Waals surface area contributed by atoms with Crippen LogP contribution < -0.4 is 16.6 Å². The van der Waals surface area contributed by atoms with E-state index in [1.54, 1.807) is 26.0 Å². The van der Waals surface area contributed by atoms with Gasteiger partial charge < -0.3 is 15.0 Å². The van der Waals surface area contributed by atoms with Gasteiger partial charge in [0.1, 0.15) is 0 Å². The lowest BCUT2D eigenvalue weighted by atomic mass is 10.1. The molecule has 0 saturated carbocycles. The van der Waals surface area contributed by atoms with E-state index in [0.29, 0.717) is 29.9 Å². The van der Waals surface area contributed by atoms with Gasteiger partial charge in [0.25, 0.3) is 11.5 Å². The zero-order valence-electron chi connectivity index (χ0n) is 18.3. The molecule has 1 aliphatic rings. The van der Waals surface area contributed by atoms with E-state index >= 15 is 0 Å². The number of rotatable bonds is 5. The molecule has 2 N–H and O–H groups in total. The van der Waals surface area contributed by atoms with Crippen LogP contribution in [0.1, 0.15) is 22.8 Å². The summed E-state index contributed by atoms with van der Waals surface area (Å²) in [5, 5.41) is 2.99. The number of ether oxygens (including phenoxy) is 1. The third kappa shape index (κ3) is 4.34. The molecule has 0 radical (unpaired) electrons. The number of carbonyl (C=O) groups is 1. The molecule has 0 aliphatic carbocycles. The summed E-state index contributed by atoms with van der Waals surface area (Å²) in [6.07, 6.45) is 0. The Labute approximate surface area is 189 Å². The van der Waals surface area contributed by atoms with Crippen molar-refractivity contribution in [1.29, 1.82) is 0 Å². The first-order valence-electron chi connectivity index (χ1n) is 10.5. The molecule has 1 amide bonds. The first-order chi connectivity index (χ1) is 15.7. The van der Waals surface area contributed by atoms with Gasteiger partial charge in [-0.05, 0) is 49.7 Å². The highest BCUT2D eigenvalue weighted by Crippen LogP contribution is 2.25. The van der Waals surface area contributed by atoms with Crippen LogP contribution in [-0.4, -0.2) is 54.5 Å². The number of carbonyl (C=O) groups excluding carboxylic acids is 1. The number of hydrogen-bond donors (Lipinski definition) is 2. The van der Waals surface area contributed by atoms with Crippen LogP contribution in [0.3, 0.4) is 0 Å². The van der Waals surface area contributed by atoms with Gasteiger partial charge in [-0.3, -0.25) is 14.2 Å². The second kappa shape index (κ2) is 8.93. The molecule has 10 nitrogen and oxygen atoms in total. The molecule has 1 saturated heterocycles. The standard InChI is InChI=1S/C22H24N4O6S/c1-3-26-21(28)17-7-5-15(12-18(17)24-22(26)29)20(27)23-16-6-4-14(2)19(13-16)33(30,31)25-8-10-32-11-9-25/h4-7,12-13H,3,8-11H2,1-2H3,(H,23,27)(H,24,29). The summed E-state index contributed by atoms with van der Waals surface area (Å²) in [6, 6.07) is 9.07. The van der Waals surface area contributed by atoms with E-state index < -0.39 is 27.2 Å². The summed E-state index contributed by atoms with van der Waals surface area (Å²) < 4.78 is 33.8. The van der Waals surface area contributed by atoms with Crippen LogP contribution in [0.15, 0.2) is 50.9 Å². The Kier molecular flexibility index (Phi) is 6.19. The summed E-state index contributed by atoms with van der Waals surface area (Å²) >= 11 is 0. The van der Waals surface area contributed by atoms with Gasteiger partial charge in [0.05, 0.1) is 29.0 Å². The monoisotopic (exact) mass is 472 g/mol. The maximum Gasteiger partial charge on any atom is 0.328 e. The van der Waals surface area contributed by atoms with E-state index in [1.165, 1.54) is 28.6 Å². The lowest BCUT2D eigenvalue weighted by Crippen LogP contribution is -2.40. The molecule has 11 heteroatoms. The maximum absolute atomic E-state index is 13.1. The summed E-state index contributed by atoms with van der Waals surface area (Å²) in [5.41, 5.74) is 0.359. The number of nitrogens with one attached hydrogen (secondary N) is 2. The highest BCUT2D eigenvalue weighted by molar-refractivity contribution is 7.89. The van der Waals surface area contributed by atoms with E-state index in [9.17, 15) is 22.8 Å². The molecule has 0 spiro atoms. The first kappa shape index (κ1) is 22.9. The number of sulfonamides is 1. The average molecular weight is 473 g/mol. The Hall–Kier alpha value is -3.28. The first-order valence-corrected chi connectivity index (χ1v) is 11.9. The Morgan fingerprint density at radius 2 is 1.85 bits per heavy atom. The normalized spacial score (nSPS) is 15.0. The number of aryl methyl sites for hydroxylation is 1. The molecule has 0 atom stereocenters. The minimum atomic E-state index is -3.74. The molecular formula is C22H24N4O6S. The summed E-state index contributed by atoms with van der Waals surface area (Å²) in [6.45, 7) is 4.83. The molecule has 174 valence electrons. The van der Waals surface area contributed by atoms with E-state index in [4.69, 9.17) is 4.74 Å². The SMILES string of the molecule is CCn1c(=O)[nH]c2cc(C(=O)Nc3ccc(C)c(S(=O)(=O)N4CCOCC4)c3)ccc2c1=O. The Bertz CT molecular complexity index is 1450. The molecule has 0 unspecified atom stereocenters. The number of benzene rings is 2.